The molecular formula is C13H26O6P2S2. The maximum Gasteiger partial charge on any atom is 0.319 e. The molecule has 0 aromatic heterocycles. The molecule has 0 aliphatic heterocycles. The van der Waals surface area contributed by atoms with Crippen molar-refractivity contribution in [1.82, 2.24) is 0 Å². The van der Waals surface area contributed by atoms with E-state index in [4.69, 9.17) is 29.4 Å². The quantitative estimate of drug-likeness (QED) is 0.415. The van der Waals surface area contributed by atoms with E-state index in [0.29, 0.717) is 0 Å². The summed E-state index contributed by atoms with van der Waals surface area (Å²) in [5, 5.41) is 0. The maximum absolute atomic E-state index is 7.56. The first-order valence-corrected chi connectivity index (χ1v) is 12.3. The van der Waals surface area contributed by atoms with Crippen molar-refractivity contribution < 1.29 is 29.4 Å². The summed E-state index contributed by atoms with van der Waals surface area (Å²) in [4.78, 5) is 45.3. The van der Waals surface area contributed by atoms with Crippen LogP contribution in [0.15, 0.2) is 30.3 Å². The molecule has 0 atom stereocenters. The Hall–Kier alpha value is 0.280. The van der Waals surface area contributed by atoms with Gasteiger partial charge in [0.05, 0.1) is 0 Å². The minimum Gasteiger partial charge on any atom is -0.325 e. The van der Waals surface area contributed by atoms with Gasteiger partial charge >= 0.3 is 13.4 Å². The number of hydrogen-bond donors (Lipinski definition) is 6. The van der Waals surface area contributed by atoms with E-state index >= 15 is 0 Å². The van der Waals surface area contributed by atoms with Crippen molar-refractivity contribution in [2.45, 2.75) is 45.4 Å². The summed E-state index contributed by atoms with van der Waals surface area (Å²) in [7, 11) is 0. The zero-order valence-electron chi connectivity index (χ0n) is 13.2. The average Bonchev–Trinajstić information content (AvgIpc) is 2.36. The van der Waals surface area contributed by atoms with E-state index in [-0.39, 0.29) is 0 Å². The third kappa shape index (κ3) is 27.4. The summed E-state index contributed by atoms with van der Waals surface area (Å²) in [6.07, 6.45) is 5.24. The molecule has 0 radical (unpaired) electrons. The molecule has 136 valence electrons. The Morgan fingerprint density at radius 2 is 1.09 bits per heavy atom. The lowest BCUT2D eigenvalue weighted by atomic mass is 9.91. The van der Waals surface area contributed by atoms with Crippen LogP contribution in [0.25, 0.3) is 0 Å². The lowest BCUT2D eigenvalue weighted by Gasteiger charge is -2.15. The first kappa shape index (κ1) is 25.5. The Balaban J connectivity index is 0. The SMILES string of the molecule is CCCC(CCC)c1ccccc1.OP(O)(O)=S.OP(O)(O)=S. The van der Waals surface area contributed by atoms with Gasteiger partial charge in [-0.1, -0.05) is 57.0 Å². The van der Waals surface area contributed by atoms with E-state index < -0.39 is 13.4 Å². The summed E-state index contributed by atoms with van der Waals surface area (Å²) in [5.41, 5.74) is 1.52. The molecule has 1 aromatic carbocycles. The molecular weight excluding hydrogens is 378 g/mol. The van der Waals surface area contributed by atoms with Crippen LogP contribution in [-0.2, 0) is 23.6 Å². The van der Waals surface area contributed by atoms with E-state index in [1.54, 1.807) is 0 Å². The van der Waals surface area contributed by atoms with Crippen LogP contribution in [0.3, 0.4) is 0 Å². The second kappa shape index (κ2) is 13.6. The number of rotatable bonds is 5. The summed E-state index contributed by atoms with van der Waals surface area (Å²) in [6.45, 7) is -3.07. The first-order chi connectivity index (χ1) is 10.4. The molecule has 0 saturated carbocycles. The van der Waals surface area contributed by atoms with Gasteiger partial charge in [0, 0.05) is 0 Å². The van der Waals surface area contributed by atoms with E-state index in [0.717, 1.165) is 5.92 Å². The molecule has 6 nitrogen and oxygen atoms in total. The normalized spacial score (nSPS) is 11.2. The second-order valence-electron chi connectivity index (χ2n) is 4.71. The monoisotopic (exact) mass is 404 g/mol. The van der Waals surface area contributed by atoms with Gasteiger partial charge in [-0.15, -0.1) is 0 Å². The van der Waals surface area contributed by atoms with E-state index in [1.165, 1.54) is 31.2 Å². The van der Waals surface area contributed by atoms with Crippen molar-refractivity contribution in [2.75, 3.05) is 0 Å². The Bertz CT molecular complexity index is 446. The fraction of sp³-hybridized carbons (Fsp3) is 0.538. The molecule has 0 saturated heterocycles. The highest BCUT2D eigenvalue weighted by molar-refractivity contribution is 8.06. The molecule has 0 aliphatic rings. The fourth-order valence-electron chi connectivity index (χ4n) is 1.90. The predicted molar refractivity (Wildman–Crippen MR) is 101 cm³/mol. The van der Waals surface area contributed by atoms with Gasteiger partial charge in [0.1, 0.15) is 0 Å². The van der Waals surface area contributed by atoms with Crippen LogP contribution in [-0.4, -0.2) is 29.4 Å². The first-order valence-electron chi connectivity index (χ1n) is 7.00. The third-order valence-electron chi connectivity index (χ3n) is 2.55. The van der Waals surface area contributed by atoms with Gasteiger partial charge in [-0.05, 0) is 47.9 Å². The molecule has 10 heteroatoms. The van der Waals surface area contributed by atoms with Crippen LogP contribution < -0.4 is 0 Å². The minimum absolute atomic E-state index is 0.788. The van der Waals surface area contributed by atoms with Crippen LogP contribution >= 0.6 is 13.4 Å². The zero-order chi connectivity index (χ0) is 18.5. The van der Waals surface area contributed by atoms with Crippen molar-refractivity contribution in [3.63, 3.8) is 0 Å². The lowest BCUT2D eigenvalue weighted by Crippen LogP contribution is -1.97. The third-order valence-corrected chi connectivity index (χ3v) is 2.55. The highest BCUT2D eigenvalue weighted by Gasteiger charge is 2.07. The van der Waals surface area contributed by atoms with Gasteiger partial charge in [-0.2, -0.15) is 0 Å². The molecule has 0 fully saturated rings. The van der Waals surface area contributed by atoms with Crippen molar-refractivity contribution in [1.29, 1.82) is 0 Å². The van der Waals surface area contributed by atoms with E-state index in [9.17, 15) is 0 Å². The summed E-state index contributed by atoms with van der Waals surface area (Å²) in [6, 6.07) is 10.9. The van der Waals surface area contributed by atoms with Crippen molar-refractivity contribution in [3.05, 3.63) is 35.9 Å². The van der Waals surface area contributed by atoms with Crippen LogP contribution in [0.4, 0.5) is 0 Å². The van der Waals surface area contributed by atoms with Crippen LogP contribution in [0, 0.1) is 0 Å². The Kier molecular flexibility index (Phi) is 15.0. The van der Waals surface area contributed by atoms with Gasteiger partial charge in [0.2, 0.25) is 0 Å². The topological polar surface area (TPSA) is 121 Å². The average molecular weight is 404 g/mol. The lowest BCUT2D eigenvalue weighted by molar-refractivity contribution is 0.361. The largest absolute Gasteiger partial charge is 0.325 e. The smallest absolute Gasteiger partial charge is 0.319 e. The highest BCUT2D eigenvalue weighted by Crippen LogP contribution is 2.27. The van der Waals surface area contributed by atoms with Crippen LogP contribution in [0.2, 0.25) is 0 Å². The van der Waals surface area contributed by atoms with Gasteiger partial charge in [0.15, 0.2) is 0 Å². The maximum atomic E-state index is 7.56. The van der Waals surface area contributed by atoms with Gasteiger partial charge < -0.3 is 29.4 Å². The van der Waals surface area contributed by atoms with Crippen molar-refractivity contribution in [2.24, 2.45) is 0 Å². The van der Waals surface area contributed by atoms with Gasteiger partial charge in [0.25, 0.3) is 0 Å². The highest BCUT2D eigenvalue weighted by atomic mass is 32.5. The molecule has 1 aromatic rings. The molecule has 1 rings (SSSR count). The fourth-order valence-corrected chi connectivity index (χ4v) is 1.90. The van der Waals surface area contributed by atoms with Gasteiger partial charge in [-0.25, -0.2) is 0 Å². The number of benzene rings is 1. The molecule has 0 unspecified atom stereocenters. The minimum atomic E-state index is -3.81. The molecule has 23 heavy (non-hydrogen) atoms. The van der Waals surface area contributed by atoms with Crippen LogP contribution in [0.5, 0.6) is 0 Å². The molecule has 6 N–H and O–H groups in total. The number of hydrogen-bond acceptors (Lipinski definition) is 2. The van der Waals surface area contributed by atoms with Crippen molar-refractivity contribution in [3.8, 4) is 0 Å². The van der Waals surface area contributed by atoms with Crippen LogP contribution in [0.1, 0.15) is 51.0 Å². The molecule has 0 bridgehead atoms. The molecule has 0 amide bonds. The van der Waals surface area contributed by atoms with E-state index in [1.807, 2.05) is 0 Å². The molecule has 0 aliphatic carbocycles. The van der Waals surface area contributed by atoms with E-state index in [2.05, 4.69) is 67.8 Å². The summed E-state index contributed by atoms with van der Waals surface area (Å²) < 4.78 is 0. The Morgan fingerprint density at radius 3 is 1.35 bits per heavy atom. The second-order valence-corrected chi connectivity index (χ2v) is 9.70. The summed E-state index contributed by atoms with van der Waals surface area (Å²) >= 11 is 7.21. The standard InChI is InChI=1S/C13H20.2H3O3PS/c1-3-8-12(9-4-2)13-10-6-5-7-11-13;2*1-4(2,3)5/h5-7,10-12H,3-4,8-9H2,1-2H3;2*(H3,1,2,3,5). The Morgan fingerprint density at radius 1 is 0.783 bits per heavy atom. The molecule has 0 heterocycles. The van der Waals surface area contributed by atoms with Crippen molar-refractivity contribution >= 4 is 37.1 Å². The zero-order valence-corrected chi connectivity index (χ0v) is 16.6. The summed E-state index contributed by atoms with van der Waals surface area (Å²) in [5.74, 6) is 0.788. The molecule has 0 spiro atoms. The Labute approximate surface area is 148 Å². The predicted octanol–water partition coefficient (Wildman–Crippen LogP) is 2.75. The van der Waals surface area contributed by atoms with Gasteiger partial charge in [-0.3, -0.25) is 0 Å².